The van der Waals surface area contributed by atoms with Gasteiger partial charge in [-0.2, -0.15) is 0 Å². The SMILES string of the molecule is Cc1cccc(Oc2ccc(NC(=O)/C=C/c3cn(C)c(=O)n(C)c3=O)cc2)c1. The van der Waals surface area contributed by atoms with Crippen molar-refractivity contribution in [2.24, 2.45) is 14.1 Å². The number of nitrogens with zero attached hydrogens (tertiary/aromatic N) is 2. The largest absolute Gasteiger partial charge is 0.457 e. The Morgan fingerprint density at radius 1 is 1.03 bits per heavy atom. The quantitative estimate of drug-likeness (QED) is 0.678. The summed E-state index contributed by atoms with van der Waals surface area (Å²) in [6.07, 6.45) is 4.02. The molecule has 0 unspecified atom stereocenters. The minimum Gasteiger partial charge on any atom is -0.457 e. The Labute approximate surface area is 167 Å². The van der Waals surface area contributed by atoms with Crippen molar-refractivity contribution < 1.29 is 9.53 Å². The normalized spacial score (nSPS) is 10.9. The fraction of sp³-hybridized carbons (Fsp3) is 0.136. The first kappa shape index (κ1) is 19.9. The number of benzene rings is 2. The van der Waals surface area contributed by atoms with Crippen molar-refractivity contribution in [2.75, 3.05) is 5.32 Å². The van der Waals surface area contributed by atoms with Crippen LogP contribution in [0.4, 0.5) is 5.69 Å². The van der Waals surface area contributed by atoms with Crippen LogP contribution in [-0.2, 0) is 18.9 Å². The van der Waals surface area contributed by atoms with Crippen LogP contribution in [0.3, 0.4) is 0 Å². The van der Waals surface area contributed by atoms with Crippen molar-refractivity contribution in [3.05, 3.63) is 92.8 Å². The van der Waals surface area contributed by atoms with E-state index in [1.54, 1.807) is 31.3 Å². The van der Waals surface area contributed by atoms with Crippen molar-refractivity contribution in [3.63, 3.8) is 0 Å². The highest BCUT2D eigenvalue weighted by atomic mass is 16.5. The molecule has 7 nitrogen and oxygen atoms in total. The van der Waals surface area contributed by atoms with Crippen LogP contribution in [0.15, 0.2) is 70.4 Å². The molecular formula is C22H21N3O4. The summed E-state index contributed by atoms with van der Waals surface area (Å²) < 4.78 is 8.05. The average molecular weight is 391 g/mol. The maximum Gasteiger partial charge on any atom is 0.330 e. The Morgan fingerprint density at radius 3 is 2.45 bits per heavy atom. The first-order chi connectivity index (χ1) is 13.8. The Morgan fingerprint density at radius 2 is 1.76 bits per heavy atom. The van der Waals surface area contributed by atoms with E-state index in [-0.39, 0.29) is 5.56 Å². The number of hydrogen-bond donors (Lipinski definition) is 1. The Balaban J connectivity index is 1.66. The molecule has 29 heavy (non-hydrogen) atoms. The van der Waals surface area contributed by atoms with Crippen LogP contribution in [0.1, 0.15) is 11.1 Å². The van der Waals surface area contributed by atoms with E-state index in [2.05, 4.69) is 5.32 Å². The van der Waals surface area contributed by atoms with Gasteiger partial charge in [0, 0.05) is 32.1 Å². The van der Waals surface area contributed by atoms with Gasteiger partial charge in [0.2, 0.25) is 5.91 Å². The van der Waals surface area contributed by atoms with Crippen molar-refractivity contribution in [3.8, 4) is 11.5 Å². The number of aromatic nitrogens is 2. The minimum atomic E-state index is -0.463. The zero-order valence-corrected chi connectivity index (χ0v) is 16.4. The number of aryl methyl sites for hydroxylation is 2. The van der Waals surface area contributed by atoms with Gasteiger partial charge < -0.3 is 14.6 Å². The predicted molar refractivity (Wildman–Crippen MR) is 112 cm³/mol. The third-order valence-corrected chi connectivity index (χ3v) is 4.23. The van der Waals surface area contributed by atoms with Crippen LogP contribution < -0.4 is 21.3 Å². The zero-order chi connectivity index (χ0) is 21.0. The van der Waals surface area contributed by atoms with E-state index in [1.807, 2.05) is 31.2 Å². The summed E-state index contributed by atoms with van der Waals surface area (Å²) in [5.41, 5.74) is 1.04. The third-order valence-electron chi connectivity index (χ3n) is 4.23. The summed E-state index contributed by atoms with van der Waals surface area (Å²) in [6.45, 7) is 1.99. The zero-order valence-electron chi connectivity index (χ0n) is 16.4. The molecule has 3 aromatic rings. The standard InChI is InChI=1S/C22H21N3O4/c1-15-5-4-6-19(13-15)29-18-10-8-17(9-11-18)23-20(26)12-7-16-14-24(2)22(28)25(3)21(16)27/h4-14H,1-3H3,(H,23,26)/b12-7+. The lowest BCUT2D eigenvalue weighted by atomic mass is 10.2. The van der Waals surface area contributed by atoms with Crippen LogP contribution in [0.2, 0.25) is 0 Å². The molecule has 1 heterocycles. The van der Waals surface area contributed by atoms with Crippen molar-refractivity contribution in [2.45, 2.75) is 6.92 Å². The highest BCUT2D eigenvalue weighted by molar-refractivity contribution is 6.01. The van der Waals surface area contributed by atoms with Gasteiger partial charge in [-0.3, -0.25) is 14.2 Å². The molecular weight excluding hydrogens is 370 g/mol. The topological polar surface area (TPSA) is 82.3 Å². The van der Waals surface area contributed by atoms with Crippen LogP contribution >= 0.6 is 0 Å². The Hall–Kier alpha value is -3.87. The molecule has 148 valence electrons. The maximum atomic E-state index is 12.1. The molecule has 0 radical (unpaired) electrons. The second kappa shape index (κ2) is 8.43. The molecule has 0 aliphatic heterocycles. The number of amides is 1. The van der Waals surface area contributed by atoms with E-state index < -0.39 is 17.2 Å². The predicted octanol–water partition coefficient (Wildman–Crippen LogP) is 2.84. The Bertz CT molecular complexity index is 1190. The number of carbonyl (C=O) groups is 1. The van der Waals surface area contributed by atoms with Gasteiger partial charge in [-0.25, -0.2) is 4.79 Å². The van der Waals surface area contributed by atoms with Gasteiger partial charge in [0.05, 0.1) is 5.56 Å². The molecule has 0 saturated heterocycles. The van der Waals surface area contributed by atoms with Crippen LogP contribution in [0.25, 0.3) is 6.08 Å². The molecule has 0 aliphatic carbocycles. The van der Waals surface area contributed by atoms with E-state index >= 15 is 0 Å². The van der Waals surface area contributed by atoms with Crippen LogP contribution in [0.5, 0.6) is 11.5 Å². The minimum absolute atomic E-state index is 0.242. The lowest BCUT2D eigenvalue weighted by Crippen LogP contribution is -2.37. The monoisotopic (exact) mass is 391 g/mol. The highest BCUT2D eigenvalue weighted by Gasteiger charge is 2.05. The molecule has 1 amide bonds. The first-order valence-electron chi connectivity index (χ1n) is 8.94. The number of carbonyl (C=O) groups excluding carboxylic acids is 1. The lowest BCUT2D eigenvalue weighted by molar-refractivity contribution is -0.111. The molecule has 2 aromatic carbocycles. The molecule has 0 aliphatic rings. The molecule has 0 spiro atoms. The summed E-state index contributed by atoms with van der Waals surface area (Å²) in [5.74, 6) is 0.995. The van der Waals surface area contributed by atoms with Gasteiger partial charge in [-0.15, -0.1) is 0 Å². The molecule has 0 bridgehead atoms. The van der Waals surface area contributed by atoms with E-state index in [9.17, 15) is 14.4 Å². The fourth-order valence-electron chi connectivity index (χ4n) is 2.72. The second-order valence-corrected chi connectivity index (χ2v) is 6.61. The summed E-state index contributed by atoms with van der Waals surface area (Å²) in [4.78, 5) is 35.9. The van der Waals surface area contributed by atoms with Gasteiger partial charge in [0.25, 0.3) is 5.56 Å². The van der Waals surface area contributed by atoms with Crippen LogP contribution in [0, 0.1) is 6.92 Å². The smallest absolute Gasteiger partial charge is 0.330 e. The molecule has 3 rings (SSSR count). The first-order valence-corrected chi connectivity index (χ1v) is 8.94. The number of ether oxygens (including phenoxy) is 1. The Kier molecular flexibility index (Phi) is 5.78. The summed E-state index contributed by atoms with van der Waals surface area (Å²) in [7, 11) is 2.93. The highest BCUT2D eigenvalue weighted by Crippen LogP contribution is 2.23. The van der Waals surface area contributed by atoms with Crippen molar-refractivity contribution in [1.82, 2.24) is 9.13 Å². The number of hydrogen-bond acceptors (Lipinski definition) is 4. The number of anilines is 1. The summed E-state index contributed by atoms with van der Waals surface area (Å²) in [5, 5.41) is 2.71. The second-order valence-electron chi connectivity index (χ2n) is 6.61. The summed E-state index contributed by atoms with van der Waals surface area (Å²) in [6, 6.07) is 14.7. The molecule has 0 atom stereocenters. The fourth-order valence-corrected chi connectivity index (χ4v) is 2.72. The lowest BCUT2D eigenvalue weighted by Gasteiger charge is -2.08. The van der Waals surface area contributed by atoms with E-state index in [1.165, 1.54) is 30.0 Å². The van der Waals surface area contributed by atoms with E-state index in [0.29, 0.717) is 11.4 Å². The molecule has 0 fully saturated rings. The molecule has 1 N–H and O–H groups in total. The molecule has 1 aromatic heterocycles. The summed E-state index contributed by atoms with van der Waals surface area (Å²) >= 11 is 0. The van der Waals surface area contributed by atoms with Crippen LogP contribution in [-0.4, -0.2) is 15.0 Å². The van der Waals surface area contributed by atoms with Crippen molar-refractivity contribution in [1.29, 1.82) is 0 Å². The molecule has 0 saturated carbocycles. The van der Waals surface area contributed by atoms with Gasteiger partial charge in [-0.1, -0.05) is 12.1 Å². The van der Waals surface area contributed by atoms with Gasteiger partial charge >= 0.3 is 5.69 Å². The van der Waals surface area contributed by atoms with Crippen molar-refractivity contribution >= 4 is 17.7 Å². The number of nitrogens with one attached hydrogen (secondary N) is 1. The molecule has 7 heteroatoms. The van der Waals surface area contributed by atoms with E-state index in [4.69, 9.17) is 4.74 Å². The van der Waals surface area contributed by atoms with Gasteiger partial charge in [0.1, 0.15) is 11.5 Å². The van der Waals surface area contributed by atoms with E-state index in [0.717, 1.165) is 15.9 Å². The van der Waals surface area contributed by atoms with Gasteiger partial charge in [-0.05, 0) is 55.0 Å². The average Bonchev–Trinajstić information content (AvgIpc) is 2.69. The van der Waals surface area contributed by atoms with Gasteiger partial charge in [0.15, 0.2) is 0 Å². The maximum absolute atomic E-state index is 12.1. The number of rotatable bonds is 5. The third kappa shape index (κ3) is 4.90.